The number of aromatic nitrogens is 2. The van der Waals surface area contributed by atoms with Crippen molar-refractivity contribution in [2.45, 2.75) is 26.8 Å². The van der Waals surface area contributed by atoms with Gasteiger partial charge in [-0.3, -0.25) is 15.5 Å². The van der Waals surface area contributed by atoms with Gasteiger partial charge in [-0.1, -0.05) is 0 Å². The molecule has 2 heterocycles. The lowest BCUT2D eigenvalue weighted by Crippen LogP contribution is -2.16. The van der Waals surface area contributed by atoms with Crippen LogP contribution in [0.4, 0.5) is 17.5 Å². The number of aryl methyl sites for hydroxylation is 2. The second-order valence-electron chi connectivity index (χ2n) is 4.55. The average Bonchev–Trinajstić information content (AvgIpc) is 2.84. The lowest BCUT2D eigenvalue weighted by molar-refractivity contribution is -0.385. The van der Waals surface area contributed by atoms with Crippen molar-refractivity contribution in [3.63, 3.8) is 0 Å². The van der Waals surface area contributed by atoms with E-state index in [1.807, 2.05) is 19.9 Å². The largest absolute Gasteiger partial charge is 0.464 e. The Morgan fingerprint density at radius 1 is 1.38 bits per heavy atom. The van der Waals surface area contributed by atoms with Crippen molar-refractivity contribution in [2.24, 2.45) is 5.84 Å². The molecule has 0 saturated carbocycles. The van der Waals surface area contributed by atoms with Gasteiger partial charge in [-0.05, 0) is 32.9 Å². The highest BCUT2D eigenvalue weighted by molar-refractivity contribution is 5.61. The first-order valence-corrected chi connectivity index (χ1v) is 6.25. The molecule has 2 rings (SSSR count). The van der Waals surface area contributed by atoms with Gasteiger partial charge in [-0.15, -0.1) is 0 Å². The fraction of sp³-hybridized carbons (Fsp3) is 0.333. The van der Waals surface area contributed by atoms with E-state index in [-0.39, 0.29) is 29.2 Å². The highest BCUT2D eigenvalue weighted by Gasteiger charge is 2.24. The molecule has 9 heteroatoms. The third-order valence-corrected chi connectivity index (χ3v) is 2.91. The van der Waals surface area contributed by atoms with Crippen molar-refractivity contribution < 1.29 is 9.34 Å². The molecular formula is C12H16N6O3. The summed E-state index contributed by atoms with van der Waals surface area (Å²) in [6.07, 6.45) is 0. The van der Waals surface area contributed by atoms with Gasteiger partial charge in [0.15, 0.2) is 0 Å². The maximum absolute atomic E-state index is 11.2. The minimum absolute atomic E-state index is 0.0852. The SMILES string of the molecule is Cc1ccc(C(C)Nc2nc(NN)nc(C)c2[N+](=O)[O-])o1. The van der Waals surface area contributed by atoms with E-state index < -0.39 is 4.92 Å². The van der Waals surface area contributed by atoms with Crippen molar-refractivity contribution in [1.29, 1.82) is 0 Å². The first kappa shape index (κ1) is 14.7. The molecular weight excluding hydrogens is 276 g/mol. The number of rotatable bonds is 5. The van der Waals surface area contributed by atoms with Crippen molar-refractivity contribution in [2.75, 3.05) is 10.7 Å². The van der Waals surface area contributed by atoms with E-state index in [1.54, 1.807) is 6.07 Å². The maximum atomic E-state index is 11.2. The number of hydrogen-bond donors (Lipinski definition) is 3. The molecule has 9 nitrogen and oxygen atoms in total. The number of hydrazine groups is 1. The molecule has 0 amide bonds. The number of nitrogens with one attached hydrogen (secondary N) is 2. The Bertz CT molecular complexity index is 669. The van der Waals surface area contributed by atoms with Crippen LogP contribution in [0.1, 0.15) is 30.2 Å². The quantitative estimate of drug-likeness (QED) is 0.433. The maximum Gasteiger partial charge on any atom is 0.332 e. The van der Waals surface area contributed by atoms with Crippen LogP contribution in [-0.4, -0.2) is 14.9 Å². The predicted octanol–water partition coefficient (Wildman–Crippen LogP) is 2.05. The average molecular weight is 292 g/mol. The predicted molar refractivity (Wildman–Crippen MR) is 76.7 cm³/mol. The highest BCUT2D eigenvalue weighted by Crippen LogP contribution is 2.29. The number of furan rings is 1. The van der Waals surface area contributed by atoms with Gasteiger partial charge in [0.25, 0.3) is 0 Å². The summed E-state index contributed by atoms with van der Waals surface area (Å²) < 4.78 is 5.49. The molecule has 4 N–H and O–H groups in total. The highest BCUT2D eigenvalue weighted by atomic mass is 16.6. The topological polar surface area (TPSA) is 132 Å². The van der Waals surface area contributed by atoms with Gasteiger partial charge in [-0.25, -0.2) is 10.8 Å². The minimum Gasteiger partial charge on any atom is -0.464 e. The number of nitrogens with zero attached hydrogens (tertiary/aromatic N) is 3. The number of nitrogen functional groups attached to an aromatic ring is 1. The molecule has 0 bridgehead atoms. The fourth-order valence-electron chi connectivity index (χ4n) is 1.91. The van der Waals surface area contributed by atoms with E-state index in [2.05, 4.69) is 20.7 Å². The Labute approximate surface area is 120 Å². The Kier molecular flexibility index (Phi) is 4.03. The molecule has 0 fully saturated rings. The molecule has 1 unspecified atom stereocenters. The lowest BCUT2D eigenvalue weighted by atomic mass is 10.2. The Hall–Kier alpha value is -2.68. The summed E-state index contributed by atoms with van der Waals surface area (Å²) in [5.74, 6) is 6.87. The monoisotopic (exact) mass is 292 g/mol. The first-order chi connectivity index (χ1) is 9.92. The van der Waals surface area contributed by atoms with Crippen LogP contribution in [0.25, 0.3) is 0 Å². The van der Waals surface area contributed by atoms with Crippen LogP contribution < -0.4 is 16.6 Å². The number of nitro groups is 1. The van der Waals surface area contributed by atoms with Crippen LogP contribution in [0.15, 0.2) is 16.5 Å². The van der Waals surface area contributed by atoms with E-state index in [9.17, 15) is 10.1 Å². The smallest absolute Gasteiger partial charge is 0.332 e. The minimum atomic E-state index is -0.530. The molecule has 0 aliphatic carbocycles. The Morgan fingerprint density at radius 2 is 2.10 bits per heavy atom. The summed E-state index contributed by atoms with van der Waals surface area (Å²) >= 11 is 0. The third kappa shape index (κ3) is 3.08. The van der Waals surface area contributed by atoms with Crippen molar-refractivity contribution in [3.8, 4) is 0 Å². The third-order valence-electron chi connectivity index (χ3n) is 2.91. The van der Waals surface area contributed by atoms with Crippen LogP contribution in [-0.2, 0) is 0 Å². The van der Waals surface area contributed by atoms with Crippen molar-refractivity contribution in [1.82, 2.24) is 9.97 Å². The summed E-state index contributed by atoms with van der Waals surface area (Å²) in [5, 5.41) is 14.1. The summed E-state index contributed by atoms with van der Waals surface area (Å²) in [6.45, 7) is 5.16. The molecule has 0 aliphatic rings. The number of hydrogen-bond acceptors (Lipinski definition) is 8. The first-order valence-electron chi connectivity index (χ1n) is 6.25. The standard InChI is InChI=1S/C12H16N6O3/c1-6-4-5-9(21-6)7(2)14-11-10(18(19)20)8(3)15-12(16-11)17-13/h4-5,7H,13H2,1-3H3,(H2,14,15,16,17). The van der Waals surface area contributed by atoms with Crippen LogP contribution in [0, 0.1) is 24.0 Å². The van der Waals surface area contributed by atoms with Gasteiger partial charge in [0.2, 0.25) is 11.8 Å². The Balaban J connectivity index is 2.37. The van der Waals surface area contributed by atoms with Crippen molar-refractivity contribution in [3.05, 3.63) is 39.5 Å². The van der Waals surface area contributed by atoms with Gasteiger partial charge in [-0.2, -0.15) is 4.98 Å². The van der Waals surface area contributed by atoms with Gasteiger partial charge in [0.1, 0.15) is 17.2 Å². The molecule has 0 aromatic carbocycles. The van der Waals surface area contributed by atoms with Crippen molar-refractivity contribution >= 4 is 17.5 Å². The summed E-state index contributed by atoms with van der Waals surface area (Å²) in [4.78, 5) is 18.6. The van der Waals surface area contributed by atoms with Gasteiger partial charge in [0.05, 0.1) is 11.0 Å². The fourth-order valence-corrected chi connectivity index (χ4v) is 1.91. The van der Waals surface area contributed by atoms with E-state index in [0.29, 0.717) is 5.76 Å². The second kappa shape index (κ2) is 5.75. The van der Waals surface area contributed by atoms with Crippen LogP contribution in [0.5, 0.6) is 0 Å². The zero-order valence-corrected chi connectivity index (χ0v) is 11.9. The molecule has 1 atom stereocenters. The normalized spacial score (nSPS) is 12.0. The molecule has 2 aromatic heterocycles. The molecule has 0 radical (unpaired) electrons. The molecule has 0 aliphatic heterocycles. The van der Waals surface area contributed by atoms with Crippen LogP contribution >= 0.6 is 0 Å². The Morgan fingerprint density at radius 3 is 2.62 bits per heavy atom. The summed E-state index contributed by atoms with van der Waals surface area (Å²) in [5.41, 5.74) is 2.31. The zero-order chi connectivity index (χ0) is 15.6. The second-order valence-corrected chi connectivity index (χ2v) is 4.55. The van der Waals surface area contributed by atoms with Gasteiger partial charge in [0, 0.05) is 0 Å². The zero-order valence-electron chi connectivity index (χ0n) is 11.9. The molecule has 2 aromatic rings. The summed E-state index contributed by atoms with van der Waals surface area (Å²) in [6, 6.07) is 3.33. The van der Waals surface area contributed by atoms with Crippen LogP contribution in [0.3, 0.4) is 0 Å². The van der Waals surface area contributed by atoms with E-state index in [1.165, 1.54) is 6.92 Å². The number of nitrogens with two attached hydrogens (primary N) is 1. The van der Waals surface area contributed by atoms with E-state index >= 15 is 0 Å². The number of anilines is 2. The molecule has 0 spiro atoms. The van der Waals surface area contributed by atoms with E-state index in [0.717, 1.165) is 5.76 Å². The summed E-state index contributed by atoms with van der Waals surface area (Å²) in [7, 11) is 0. The molecule has 112 valence electrons. The van der Waals surface area contributed by atoms with Gasteiger partial charge >= 0.3 is 5.69 Å². The van der Waals surface area contributed by atoms with Crippen LogP contribution in [0.2, 0.25) is 0 Å². The lowest BCUT2D eigenvalue weighted by Gasteiger charge is -2.13. The molecule has 0 saturated heterocycles. The van der Waals surface area contributed by atoms with Gasteiger partial charge < -0.3 is 9.73 Å². The van der Waals surface area contributed by atoms with E-state index in [4.69, 9.17) is 10.3 Å². The molecule has 21 heavy (non-hydrogen) atoms.